The van der Waals surface area contributed by atoms with E-state index in [2.05, 4.69) is 164 Å². The van der Waals surface area contributed by atoms with Crippen molar-refractivity contribution in [3.8, 4) is 5.69 Å². The molecule has 0 spiro atoms. The maximum atomic E-state index is 3.60. The number of hydrogen-bond acceptors (Lipinski definition) is 1. The summed E-state index contributed by atoms with van der Waals surface area (Å²) in [5.74, 6) is 0. The number of hydrogen-bond donors (Lipinski definition) is 0. The molecule has 200 valence electrons. The standard InChI is InChI=1S/C36H32Br2N2/c1-2-3-4-5-8-26-11-17-31(18-12-26)40-35-10-7-6-9-33(35)34-25-32(23-24-36(34)40)39(29-19-13-27(37)14-20-29)30-21-15-28(38)16-22-30/h6-7,9-25H,2-5,8H2,1H3. The summed E-state index contributed by atoms with van der Waals surface area (Å²) in [5.41, 5.74) is 8.42. The minimum absolute atomic E-state index is 1.07. The van der Waals surface area contributed by atoms with Crippen LogP contribution in [-0.2, 0) is 6.42 Å². The van der Waals surface area contributed by atoms with Gasteiger partial charge in [-0.2, -0.15) is 0 Å². The monoisotopic (exact) mass is 650 g/mol. The van der Waals surface area contributed by atoms with Gasteiger partial charge in [0.25, 0.3) is 0 Å². The highest BCUT2D eigenvalue weighted by atomic mass is 79.9. The maximum absolute atomic E-state index is 3.60. The fourth-order valence-electron chi connectivity index (χ4n) is 5.57. The van der Waals surface area contributed by atoms with Crippen LogP contribution in [0.1, 0.15) is 38.2 Å². The second kappa shape index (κ2) is 12.0. The molecule has 0 aliphatic carbocycles. The molecule has 0 aliphatic heterocycles. The first-order chi connectivity index (χ1) is 19.6. The molecule has 1 aromatic heterocycles. The summed E-state index contributed by atoms with van der Waals surface area (Å²) in [6.45, 7) is 2.27. The number of unbranched alkanes of at least 4 members (excludes halogenated alkanes) is 3. The lowest BCUT2D eigenvalue weighted by atomic mass is 10.1. The van der Waals surface area contributed by atoms with E-state index in [9.17, 15) is 0 Å². The van der Waals surface area contributed by atoms with E-state index in [0.717, 1.165) is 32.4 Å². The molecule has 0 amide bonds. The maximum Gasteiger partial charge on any atom is 0.0542 e. The summed E-state index contributed by atoms with van der Waals surface area (Å²) >= 11 is 7.19. The van der Waals surface area contributed by atoms with Crippen LogP contribution in [0.2, 0.25) is 0 Å². The van der Waals surface area contributed by atoms with Crippen LogP contribution < -0.4 is 4.90 Å². The van der Waals surface area contributed by atoms with Crippen LogP contribution in [-0.4, -0.2) is 4.57 Å². The first-order valence-electron chi connectivity index (χ1n) is 14.1. The molecule has 0 fully saturated rings. The Bertz CT molecular complexity index is 1690. The number of aromatic nitrogens is 1. The fraction of sp³-hybridized carbons (Fsp3) is 0.167. The quantitative estimate of drug-likeness (QED) is 0.141. The molecular weight excluding hydrogens is 620 g/mol. The smallest absolute Gasteiger partial charge is 0.0542 e. The van der Waals surface area contributed by atoms with Crippen molar-refractivity contribution >= 4 is 70.7 Å². The summed E-state index contributed by atoms with van der Waals surface area (Å²) in [6, 6.07) is 41.8. The van der Waals surface area contributed by atoms with E-state index in [1.807, 2.05) is 0 Å². The first kappa shape index (κ1) is 26.9. The van der Waals surface area contributed by atoms with Crippen LogP contribution in [0, 0.1) is 0 Å². The van der Waals surface area contributed by atoms with E-state index >= 15 is 0 Å². The molecule has 6 rings (SSSR count). The Morgan fingerprint density at radius 3 is 1.82 bits per heavy atom. The van der Waals surface area contributed by atoms with Crippen LogP contribution >= 0.6 is 31.9 Å². The second-order valence-electron chi connectivity index (χ2n) is 10.3. The van der Waals surface area contributed by atoms with Crippen molar-refractivity contribution in [2.24, 2.45) is 0 Å². The Hall–Kier alpha value is -3.34. The molecule has 0 atom stereocenters. The molecule has 2 nitrogen and oxygen atoms in total. The van der Waals surface area contributed by atoms with Crippen molar-refractivity contribution in [2.75, 3.05) is 4.90 Å². The molecule has 5 aromatic carbocycles. The third kappa shape index (κ3) is 5.48. The van der Waals surface area contributed by atoms with E-state index in [-0.39, 0.29) is 0 Å². The Morgan fingerprint density at radius 2 is 1.18 bits per heavy atom. The van der Waals surface area contributed by atoms with Gasteiger partial charge < -0.3 is 9.47 Å². The van der Waals surface area contributed by atoms with E-state index < -0.39 is 0 Å². The van der Waals surface area contributed by atoms with Crippen molar-refractivity contribution in [2.45, 2.75) is 39.0 Å². The summed E-state index contributed by atoms with van der Waals surface area (Å²) in [7, 11) is 0. The van der Waals surface area contributed by atoms with Crippen LogP contribution in [0.3, 0.4) is 0 Å². The van der Waals surface area contributed by atoms with Gasteiger partial charge in [-0.15, -0.1) is 0 Å². The number of fused-ring (bicyclic) bond motifs is 3. The summed E-state index contributed by atoms with van der Waals surface area (Å²) < 4.78 is 4.54. The van der Waals surface area contributed by atoms with Gasteiger partial charge in [0.05, 0.1) is 11.0 Å². The van der Waals surface area contributed by atoms with Crippen LogP contribution in [0.4, 0.5) is 17.1 Å². The molecule has 4 heteroatoms. The molecule has 0 radical (unpaired) electrons. The van der Waals surface area contributed by atoms with E-state index in [4.69, 9.17) is 0 Å². The predicted octanol–water partition coefficient (Wildman–Crippen LogP) is 11.9. The largest absolute Gasteiger partial charge is 0.310 e. The SMILES string of the molecule is CCCCCCc1ccc(-n2c3ccccc3c3cc(N(c4ccc(Br)cc4)c4ccc(Br)cc4)ccc32)cc1. The molecule has 6 aromatic rings. The average molecular weight is 652 g/mol. The molecule has 0 N–H and O–H groups in total. The molecule has 1 heterocycles. The van der Waals surface area contributed by atoms with Gasteiger partial charge in [-0.1, -0.05) is 88.4 Å². The molecule has 0 saturated carbocycles. The minimum atomic E-state index is 1.07. The lowest BCUT2D eigenvalue weighted by Crippen LogP contribution is -2.09. The zero-order valence-electron chi connectivity index (χ0n) is 22.7. The van der Waals surface area contributed by atoms with Crippen LogP contribution in [0.15, 0.2) is 124 Å². The highest BCUT2D eigenvalue weighted by Crippen LogP contribution is 2.40. The normalized spacial score (nSPS) is 11.4. The van der Waals surface area contributed by atoms with E-state index in [1.54, 1.807) is 0 Å². The lowest BCUT2D eigenvalue weighted by Gasteiger charge is -2.26. The number of anilines is 3. The zero-order valence-corrected chi connectivity index (χ0v) is 25.8. The molecule has 0 unspecified atom stereocenters. The molecule has 0 bridgehead atoms. The van der Waals surface area contributed by atoms with Gasteiger partial charge in [0.2, 0.25) is 0 Å². The van der Waals surface area contributed by atoms with Crippen LogP contribution in [0.25, 0.3) is 27.5 Å². The Balaban J connectivity index is 1.45. The third-order valence-corrected chi connectivity index (χ3v) is 8.65. The van der Waals surface area contributed by atoms with Crippen molar-refractivity contribution in [1.82, 2.24) is 4.57 Å². The minimum Gasteiger partial charge on any atom is -0.310 e. The van der Waals surface area contributed by atoms with E-state index in [0.29, 0.717) is 0 Å². The van der Waals surface area contributed by atoms with Gasteiger partial charge in [-0.3, -0.25) is 0 Å². The van der Waals surface area contributed by atoms with Gasteiger partial charge in [0.15, 0.2) is 0 Å². The molecule has 0 aliphatic rings. The van der Waals surface area contributed by atoms with Gasteiger partial charge in [0, 0.05) is 42.5 Å². The first-order valence-corrected chi connectivity index (χ1v) is 15.6. The van der Waals surface area contributed by atoms with Crippen molar-refractivity contribution in [3.63, 3.8) is 0 Å². The van der Waals surface area contributed by atoms with Gasteiger partial charge in [-0.25, -0.2) is 0 Å². The number of nitrogens with zero attached hydrogens (tertiary/aromatic N) is 2. The van der Waals surface area contributed by atoms with E-state index in [1.165, 1.54) is 58.7 Å². The van der Waals surface area contributed by atoms with Crippen LogP contribution in [0.5, 0.6) is 0 Å². The highest BCUT2D eigenvalue weighted by molar-refractivity contribution is 9.10. The van der Waals surface area contributed by atoms with Crippen molar-refractivity contribution < 1.29 is 0 Å². The van der Waals surface area contributed by atoms with Gasteiger partial charge in [0.1, 0.15) is 0 Å². The third-order valence-electron chi connectivity index (χ3n) is 7.60. The van der Waals surface area contributed by atoms with Gasteiger partial charge >= 0.3 is 0 Å². The lowest BCUT2D eigenvalue weighted by molar-refractivity contribution is 0.667. The number of para-hydroxylation sites is 1. The topological polar surface area (TPSA) is 8.17 Å². The predicted molar refractivity (Wildman–Crippen MR) is 179 cm³/mol. The van der Waals surface area contributed by atoms with Gasteiger partial charge in [-0.05, 0) is 103 Å². The number of benzene rings is 5. The fourth-order valence-corrected chi connectivity index (χ4v) is 6.10. The Kier molecular flexibility index (Phi) is 8.08. The highest BCUT2D eigenvalue weighted by Gasteiger charge is 2.17. The Morgan fingerprint density at radius 1 is 0.575 bits per heavy atom. The zero-order chi connectivity index (χ0) is 27.5. The van der Waals surface area contributed by atoms with Crippen molar-refractivity contribution in [1.29, 1.82) is 0 Å². The number of halogens is 2. The summed E-state index contributed by atoms with van der Waals surface area (Å²) in [4.78, 5) is 2.32. The Labute approximate surface area is 253 Å². The summed E-state index contributed by atoms with van der Waals surface area (Å²) in [6.07, 6.45) is 6.32. The molecule has 40 heavy (non-hydrogen) atoms. The number of rotatable bonds is 9. The summed E-state index contributed by atoms with van der Waals surface area (Å²) in [5, 5.41) is 2.51. The number of aryl methyl sites for hydroxylation is 1. The second-order valence-corrected chi connectivity index (χ2v) is 12.2. The van der Waals surface area contributed by atoms with Crippen molar-refractivity contribution in [3.05, 3.63) is 130 Å². The molecule has 0 saturated heterocycles. The molecular formula is C36H32Br2N2. The average Bonchev–Trinajstić information content (AvgIpc) is 3.32.